The highest BCUT2D eigenvalue weighted by Crippen LogP contribution is 2.46. The van der Waals surface area contributed by atoms with Crippen LogP contribution in [0.3, 0.4) is 0 Å². The van der Waals surface area contributed by atoms with Gasteiger partial charge in [0.25, 0.3) is 0 Å². The van der Waals surface area contributed by atoms with Crippen molar-refractivity contribution in [2.75, 3.05) is 26.4 Å². The summed E-state index contributed by atoms with van der Waals surface area (Å²) in [7, 11) is 0. The molecule has 2 fully saturated rings. The highest BCUT2D eigenvalue weighted by Gasteiger charge is 2.40. The van der Waals surface area contributed by atoms with Gasteiger partial charge in [0.2, 0.25) is 0 Å². The van der Waals surface area contributed by atoms with Gasteiger partial charge >= 0.3 is 0 Å². The van der Waals surface area contributed by atoms with Crippen LogP contribution in [0.1, 0.15) is 58.8 Å². The number of hydrogen-bond acceptors (Lipinski definition) is 2. The van der Waals surface area contributed by atoms with Crippen LogP contribution < -0.4 is 0 Å². The van der Waals surface area contributed by atoms with Gasteiger partial charge in [0.05, 0.1) is 13.2 Å². The third kappa shape index (κ3) is 4.46. The fraction of sp³-hybridized carbons (Fsp3) is 0.778. The molecule has 2 saturated carbocycles. The molecule has 114 valence electrons. The first-order valence-corrected chi connectivity index (χ1v) is 8.31. The van der Waals surface area contributed by atoms with Crippen molar-refractivity contribution in [2.24, 2.45) is 5.41 Å². The fourth-order valence-corrected chi connectivity index (χ4v) is 3.32. The zero-order valence-corrected chi connectivity index (χ0v) is 13.2. The van der Waals surface area contributed by atoms with Gasteiger partial charge in [-0.3, -0.25) is 0 Å². The molecule has 20 heavy (non-hydrogen) atoms. The SMILES string of the molecule is CCOCC1(COCC)CC(=CC=C2CCCCC2)C1. The maximum Gasteiger partial charge on any atom is 0.0550 e. The molecule has 2 aliphatic rings. The number of ether oxygens (including phenoxy) is 2. The van der Waals surface area contributed by atoms with Crippen molar-refractivity contribution in [3.8, 4) is 0 Å². The normalized spacial score (nSPS) is 21.5. The lowest BCUT2D eigenvalue weighted by atomic mass is 9.66. The Morgan fingerprint density at radius 1 is 0.850 bits per heavy atom. The van der Waals surface area contributed by atoms with E-state index in [1.807, 2.05) is 0 Å². The van der Waals surface area contributed by atoms with Crippen molar-refractivity contribution < 1.29 is 9.47 Å². The summed E-state index contributed by atoms with van der Waals surface area (Å²) in [6.45, 7) is 7.43. The predicted octanol–water partition coefficient (Wildman–Crippen LogP) is 4.66. The summed E-state index contributed by atoms with van der Waals surface area (Å²) in [5.74, 6) is 0. The van der Waals surface area contributed by atoms with E-state index in [9.17, 15) is 0 Å². The van der Waals surface area contributed by atoms with Gasteiger partial charge < -0.3 is 9.47 Å². The minimum atomic E-state index is 0.253. The Labute approximate surface area is 124 Å². The minimum Gasteiger partial charge on any atom is -0.381 e. The molecule has 0 aromatic carbocycles. The van der Waals surface area contributed by atoms with E-state index in [0.717, 1.165) is 39.3 Å². The highest BCUT2D eigenvalue weighted by atomic mass is 16.5. The second-order valence-electron chi connectivity index (χ2n) is 6.34. The van der Waals surface area contributed by atoms with Gasteiger partial charge in [0.15, 0.2) is 0 Å². The summed E-state index contributed by atoms with van der Waals surface area (Å²) in [6.07, 6.45) is 13.9. The molecule has 2 aliphatic carbocycles. The Balaban J connectivity index is 1.84. The molecule has 2 nitrogen and oxygen atoms in total. The van der Waals surface area contributed by atoms with Gasteiger partial charge in [-0.05, 0) is 52.4 Å². The molecule has 0 aliphatic heterocycles. The van der Waals surface area contributed by atoms with Crippen LogP contribution in [0.2, 0.25) is 0 Å². The first-order valence-electron chi connectivity index (χ1n) is 8.31. The van der Waals surface area contributed by atoms with Crippen molar-refractivity contribution in [3.05, 3.63) is 23.3 Å². The van der Waals surface area contributed by atoms with Crippen molar-refractivity contribution in [1.29, 1.82) is 0 Å². The van der Waals surface area contributed by atoms with Gasteiger partial charge in [-0.25, -0.2) is 0 Å². The molecular formula is C18H30O2. The molecule has 0 saturated heterocycles. The average Bonchev–Trinajstić information content (AvgIpc) is 2.45. The van der Waals surface area contributed by atoms with E-state index in [2.05, 4.69) is 26.0 Å². The molecule has 0 unspecified atom stereocenters. The van der Waals surface area contributed by atoms with E-state index < -0.39 is 0 Å². The summed E-state index contributed by atoms with van der Waals surface area (Å²) in [4.78, 5) is 0. The number of hydrogen-bond donors (Lipinski definition) is 0. The molecular weight excluding hydrogens is 248 g/mol. The largest absolute Gasteiger partial charge is 0.381 e. The van der Waals surface area contributed by atoms with E-state index in [-0.39, 0.29) is 5.41 Å². The lowest BCUT2D eigenvalue weighted by Gasteiger charge is -2.43. The third-order valence-electron chi connectivity index (χ3n) is 4.48. The molecule has 0 radical (unpaired) electrons. The highest BCUT2D eigenvalue weighted by molar-refractivity contribution is 5.26. The van der Waals surface area contributed by atoms with Crippen LogP contribution in [-0.2, 0) is 9.47 Å². The Morgan fingerprint density at radius 2 is 1.40 bits per heavy atom. The van der Waals surface area contributed by atoms with E-state index in [0.29, 0.717) is 0 Å². The zero-order chi connectivity index (χ0) is 14.3. The lowest BCUT2D eigenvalue weighted by molar-refractivity contribution is -0.0386. The molecule has 0 spiro atoms. The number of rotatable bonds is 7. The van der Waals surface area contributed by atoms with Crippen molar-refractivity contribution in [2.45, 2.75) is 58.8 Å². The molecule has 2 rings (SSSR count). The van der Waals surface area contributed by atoms with Gasteiger partial charge in [-0.15, -0.1) is 0 Å². The van der Waals surface area contributed by atoms with Gasteiger partial charge in [-0.1, -0.05) is 29.7 Å². The summed E-state index contributed by atoms with van der Waals surface area (Å²) < 4.78 is 11.3. The molecule has 0 aromatic heterocycles. The quantitative estimate of drug-likeness (QED) is 0.674. The summed E-state index contributed by atoms with van der Waals surface area (Å²) in [5, 5.41) is 0. The summed E-state index contributed by atoms with van der Waals surface area (Å²) >= 11 is 0. The summed E-state index contributed by atoms with van der Waals surface area (Å²) in [6, 6.07) is 0. The first-order chi connectivity index (χ1) is 9.78. The van der Waals surface area contributed by atoms with Crippen molar-refractivity contribution in [3.63, 3.8) is 0 Å². The maximum absolute atomic E-state index is 5.66. The predicted molar refractivity (Wildman–Crippen MR) is 83.9 cm³/mol. The molecule has 0 atom stereocenters. The molecule has 0 amide bonds. The average molecular weight is 278 g/mol. The fourth-order valence-electron chi connectivity index (χ4n) is 3.32. The van der Waals surface area contributed by atoms with Crippen LogP contribution in [-0.4, -0.2) is 26.4 Å². The third-order valence-corrected chi connectivity index (χ3v) is 4.48. The standard InChI is InChI=1S/C18H30O2/c1-3-19-14-18(15-20-4-2)12-17(13-18)11-10-16-8-6-5-7-9-16/h10-11H,3-9,12-15H2,1-2H3. The zero-order valence-electron chi connectivity index (χ0n) is 13.2. The Morgan fingerprint density at radius 3 is 1.95 bits per heavy atom. The topological polar surface area (TPSA) is 18.5 Å². The second-order valence-corrected chi connectivity index (χ2v) is 6.34. The van der Waals surface area contributed by atoms with Crippen LogP contribution in [0.15, 0.2) is 23.3 Å². The van der Waals surface area contributed by atoms with Gasteiger partial charge in [0, 0.05) is 18.6 Å². The van der Waals surface area contributed by atoms with Crippen molar-refractivity contribution >= 4 is 0 Å². The van der Waals surface area contributed by atoms with E-state index in [1.54, 1.807) is 11.1 Å². The minimum absolute atomic E-state index is 0.253. The molecule has 0 heterocycles. The van der Waals surface area contributed by atoms with Gasteiger partial charge in [0.1, 0.15) is 0 Å². The molecule has 2 heteroatoms. The lowest BCUT2D eigenvalue weighted by Crippen LogP contribution is -2.40. The Kier molecular flexibility index (Phi) is 6.31. The molecule has 0 N–H and O–H groups in total. The van der Waals surface area contributed by atoms with Crippen LogP contribution in [0.4, 0.5) is 0 Å². The first kappa shape index (κ1) is 15.8. The Hall–Kier alpha value is -0.600. The van der Waals surface area contributed by atoms with Crippen LogP contribution in [0.5, 0.6) is 0 Å². The van der Waals surface area contributed by atoms with Crippen LogP contribution in [0, 0.1) is 5.41 Å². The smallest absolute Gasteiger partial charge is 0.0550 e. The second kappa shape index (κ2) is 7.99. The Bertz CT molecular complexity index is 328. The van der Waals surface area contributed by atoms with E-state index in [1.165, 1.54) is 32.1 Å². The summed E-state index contributed by atoms with van der Waals surface area (Å²) in [5.41, 5.74) is 3.47. The molecule has 0 aromatic rings. The maximum atomic E-state index is 5.66. The monoisotopic (exact) mass is 278 g/mol. The number of allylic oxidation sites excluding steroid dienone is 4. The van der Waals surface area contributed by atoms with Gasteiger partial charge in [-0.2, -0.15) is 0 Å². The van der Waals surface area contributed by atoms with Crippen LogP contribution >= 0.6 is 0 Å². The van der Waals surface area contributed by atoms with E-state index in [4.69, 9.17) is 9.47 Å². The van der Waals surface area contributed by atoms with Crippen LogP contribution in [0.25, 0.3) is 0 Å². The molecule has 0 bridgehead atoms. The van der Waals surface area contributed by atoms with Crippen molar-refractivity contribution in [1.82, 2.24) is 0 Å². The van der Waals surface area contributed by atoms with E-state index >= 15 is 0 Å².